The first kappa shape index (κ1) is 12.3. The summed E-state index contributed by atoms with van der Waals surface area (Å²) in [5, 5.41) is 0. The quantitative estimate of drug-likeness (QED) is 0.841. The SMILES string of the molecule is Cc1nc(N)ccc1CN1C(=O)c2ccccc2C1=O. The van der Waals surface area contributed by atoms with Crippen LogP contribution in [-0.2, 0) is 6.54 Å². The highest BCUT2D eigenvalue weighted by atomic mass is 16.2. The van der Waals surface area contributed by atoms with Crippen LogP contribution in [0.3, 0.4) is 0 Å². The van der Waals surface area contributed by atoms with Crippen LogP contribution in [0.5, 0.6) is 0 Å². The average Bonchev–Trinajstić information content (AvgIpc) is 2.67. The average molecular weight is 267 g/mol. The monoisotopic (exact) mass is 267 g/mol. The number of carbonyl (C=O) groups is 2. The number of nitrogens with zero attached hydrogens (tertiary/aromatic N) is 2. The molecule has 1 aliphatic rings. The predicted octanol–water partition coefficient (Wildman–Crippen LogP) is 1.77. The summed E-state index contributed by atoms with van der Waals surface area (Å²) >= 11 is 0. The largest absolute Gasteiger partial charge is 0.384 e. The molecule has 0 atom stereocenters. The van der Waals surface area contributed by atoms with E-state index < -0.39 is 0 Å². The molecule has 2 amide bonds. The maximum absolute atomic E-state index is 12.2. The first-order chi connectivity index (χ1) is 9.58. The number of aromatic nitrogens is 1. The van der Waals surface area contributed by atoms with E-state index in [4.69, 9.17) is 5.73 Å². The normalized spacial score (nSPS) is 13.8. The molecule has 0 radical (unpaired) electrons. The van der Waals surface area contributed by atoms with E-state index in [9.17, 15) is 9.59 Å². The molecule has 100 valence electrons. The Morgan fingerprint density at radius 3 is 2.20 bits per heavy atom. The molecule has 0 saturated carbocycles. The molecule has 1 aromatic carbocycles. The highest BCUT2D eigenvalue weighted by Gasteiger charge is 2.35. The van der Waals surface area contributed by atoms with E-state index in [1.165, 1.54) is 4.90 Å². The molecule has 0 saturated heterocycles. The Bertz CT molecular complexity index is 690. The van der Waals surface area contributed by atoms with Crippen LogP contribution in [0, 0.1) is 6.92 Å². The summed E-state index contributed by atoms with van der Waals surface area (Å²) in [6.07, 6.45) is 0. The van der Waals surface area contributed by atoms with E-state index in [-0.39, 0.29) is 18.4 Å². The molecule has 0 spiro atoms. The molecule has 0 fully saturated rings. The number of benzene rings is 1. The van der Waals surface area contributed by atoms with Gasteiger partial charge in [-0.2, -0.15) is 0 Å². The van der Waals surface area contributed by atoms with Gasteiger partial charge in [-0.1, -0.05) is 18.2 Å². The maximum Gasteiger partial charge on any atom is 0.261 e. The summed E-state index contributed by atoms with van der Waals surface area (Å²) in [6.45, 7) is 2.02. The number of imide groups is 1. The number of hydrogen-bond donors (Lipinski definition) is 1. The number of nitrogen functional groups attached to an aromatic ring is 1. The second-order valence-electron chi connectivity index (χ2n) is 4.72. The molecule has 0 bridgehead atoms. The smallest absolute Gasteiger partial charge is 0.261 e. The van der Waals surface area contributed by atoms with Crippen LogP contribution in [0.2, 0.25) is 0 Å². The van der Waals surface area contributed by atoms with Gasteiger partial charge in [-0.15, -0.1) is 0 Å². The van der Waals surface area contributed by atoms with Gasteiger partial charge in [0.1, 0.15) is 5.82 Å². The third kappa shape index (κ3) is 1.84. The van der Waals surface area contributed by atoms with E-state index in [0.29, 0.717) is 16.9 Å². The van der Waals surface area contributed by atoms with E-state index >= 15 is 0 Å². The molecule has 1 aliphatic heterocycles. The minimum atomic E-state index is -0.262. The fourth-order valence-corrected chi connectivity index (χ4v) is 2.33. The van der Waals surface area contributed by atoms with Gasteiger partial charge < -0.3 is 5.73 Å². The van der Waals surface area contributed by atoms with Crippen LogP contribution in [0.4, 0.5) is 5.82 Å². The second kappa shape index (κ2) is 4.45. The summed E-state index contributed by atoms with van der Waals surface area (Å²) in [4.78, 5) is 29.9. The maximum atomic E-state index is 12.2. The van der Waals surface area contributed by atoms with Crippen LogP contribution in [0.1, 0.15) is 32.0 Å². The number of fused-ring (bicyclic) bond motifs is 1. The number of carbonyl (C=O) groups excluding carboxylic acids is 2. The van der Waals surface area contributed by atoms with Gasteiger partial charge in [0.2, 0.25) is 0 Å². The molecule has 5 heteroatoms. The van der Waals surface area contributed by atoms with Crippen molar-refractivity contribution in [1.82, 2.24) is 9.88 Å². The van der Waals surface area contributed by atoms with Gasteiger partial charge in [-0.3, -0.25) is 14.5 Å². The predicted molar refractivity (Wildman–Crippen MR) is 74.0 cm³/mol. The van der Waals surface area contributed by atoms with Crippen molar-refractivity contribution in [3.05, 3.63) is 58.8 Å². The van der Waals surface area contributed by atoms with Gasteiger partial charge in [0.25, 0.3) is 11.8 Å². The Morgan fingerprint density at radius 2 is 1.65 bits per heavy atom. The molecular weight excluding hydrogens is 254 g/mol. The fourth-order valence-electron chi connectivity index (χ4n) is 2.33. The van der Waals surface area contributed by atoms with Crippen molar-refractivity contribution >= 4 is 17.6 Å². The van der Waals surface area contributed by atoms with E-state index in [1.54, 1.807) is 36.4 Å². The zero-order chi connectivity index (χ0) is 14.3. The Labute approximate surface area is 116 Å². The van der Waals surface area contributed by atoms with Gasteiger partial charge >= 0.3 is 0 Å². The first-order valence-corrected chi connectivity index (χ1v) is 6.25. The van der Waals surface area contributed by atoms with Crippen molar-refractivity contribution in [1.29, 1.82) is 0 Å². The Morgan fingerprint density at radius 1 is 1.05 bits per heavy atom. The summed E-state index contributed by atoms with van der Waals surface area (Å²) < 4.78 is 0. The highest BCUT2D eigenvalue weighted by molar-refractivity contribution is 6.21. The van der Waals surface area contributed by atoms with Crippen LogP contribution in [0.15, 0.2) is 36.4 Å². The molecular formula is C15H13N3O2. The molecule has 0 aliphatic carbocycles. The summed E-state index contributed by atoms with van der Waals surface area (Å²) in [7, 11) is 0. The van der Waals surface area contributed by atoms with Crippen molar-refractivity contribution in [3.63, 3.8) is 0 Å². The number of nitrogens with two attached hydrogens (primary N) is 1. The highest BCUT2D eigenvalue weighted by Crippen LogP contribution is 2.24. The number of aryl methyl sites for hydroxylation is 1. The Hall–Kier alpha value is -2.69. The fraction of sp³-hybridized carbons (Fsp3) is 0.133. The molecule has 2 N–H and O–H groups in total. The minimum Gasteiger partial charge on any atom is -0.384 e. The second-order valence-corrected chi connectivity index (χ2v) is 4.72. The molecule has 0 unspecified atom stereocenters. The number of hydrogen-bond acceptors (Lipinski definition) is 4. The molecule has 2 heterocycles. The summed E-state index contributed by atoms with van der Waals surface area (Å²) in [6, 6.07) is 10.3. The molecule has 20 heavy (non-hydrogen) atoms. The lowest BCUT2D eigenvalue weighted by molar-refractivity contribution is 0.0642. The van der Waals surface area contributed by atoms with Gasteiger partial charge in [-0.05, 0) is 30.7 Å². The van der Waals surface area contributed by atoms with Crippen molar-refractivity contribution < 1.29 is 9.59 Å². The third-order valence-electron chi connectivity index (χ3n) is 3.42. The summed E-state index contributed by atoms with van der Waals surface area (Å²) in [5.41, 5.74) is 8.05. The number of rotatable bonds is 2. The van der Waals surface area contributed by atoms with Gasteiger partial charge in [0, 0.05) is 5.69 Å². The van der Waals surface area contributed by atoms with Crippen molar-refractivity contribution in [2.24, 2.45) is 0 Å². The van der Waals surface area contributed by atoms with Crippen molar-refractivity contribution in [2.75, 3.05) is 5.73 Å². The number of anilines is 1. The topological polar surface area (TPSA) is 76.3 Å². The van der Waals surface area contributed by atoms with E-state index in [1.807, 2.05) is 6.92 Å². The van der Waals surface area contributed by atoms with Crippen LogP contribution >= 0.6 is 0 Å². The van der Waals surface area contributed by atoms with Gasteiger partial charge in [0.05, 0.1) is 17.7 Å². The van der Waals surface area contributed by atoms with Crippen LogP contribution in [0.25, 0.3) is 0 Å². The Balaban J connectivity index is 1.94. The van der Waals surface area contributed by atoms with E-state index in [2.05, 4.69) is 4.98 Å². The van der Waals surface area contributed by atoms with Crippen LogP contribution < -0.4 is 5.73 Å². The molecule has 1 aromatic heterocycles. The van der Waals surface area contributed by atoms with Crippen molar-refractivity contribution in [3.8, 4) is 0 Å². The molecule has 5 nitrogen and oxygen atoms in total. The first-order valence-electron chi connectivity index (χ1n) is 6.25. The lowest BCUT2D eigenvalue weighted by Crippen LogP contribution is -2.29. The zero-order valence-electron chi connectivity index (χ0n) is 11.0. The molecule has 2 aromatic rings. The molecule has 3 rings (SSSR count). The van der Waals surface area contributed by atoms with Crippen LogP contribution in [-0.4, -0.2) is 21.7 Å². The number of amides is 2. The lowest BCUT2D eigenvalue weighted by atomic mass is 10.1. The Kier molecular flexibility index (Phi) is 2.75. The minimum absolute atomic E-state index is 0.214. The van der Waals surface area contributed by atoms with E-state index in [0.717, 1.165) is 11.3 Å². The lowest BCUT2D eigenvalue weighted by Gasteiger charge is -2.15. The number of pyridine rings is 1. The zero-order valence-corrected chi connectivity index (χ0v) is 11.0. The van der Waals surface area contributed by atoms with Gasteiger partial charge in [0.15, 0.2) is 0 Å². The standard InChI is InChI=1S/C15H13N3O2/c1-9-10(6-7-13(16)17-9)8-18-14(19)11-4-2-3-5-12(11)15(18)20/h2-7H,8H2,1H3,(H2,16,17). The summed E-state index contributed by atoms with van der Waals surface area (Å²) in [5.74, 6) is -0.0998. The van der Waals surface area contributed by atoms with Crippen molar-refractivity contribution in [2.45, 2.75) is 13.5 Å². The third-order valence-corrected chi connectivity index (χ3v) is 3.42. The van der Waals surface area contributed by atoms with Gasteiger partial charge in [-0.25, -0.2) is 4.98 Å².